The van der Waals surface area contributed by atoms with Crippen molar-refractivity contribution in [3.8, 4) is 5.75 Å². The van der Waals surface area contributed by atoms with Crippen LogP contribution in [0.1, 0.15) is 52.7 Å². The van der Waals surface area contributed by atoms with Crippen molar-refractivity contribution in [3.05, 3.63) is 77.9 Å². The molecule has 0 saturated carbocycles. The molecule has 0 aliphatic rings. The van der Waals surface area contributed by atoms with E-state index in [-0.39, 0.29) is 22.0 Å². The van der Waals surface area contributed by atoms with Crippen molar-refractivity contribution in [2.75, 3.05) is 4.90 Å². The molecule has 3 rings (SSSR count). The van der Waals surface area contributed by atoms with E-state index in [4.69, 9.17) is 0 Å². The Morgan fingerprint density at radius 3 is 1.32 bits per heavy atom. The normalized spacial score (nSPS) is 12.0. The molecule has 0 amide bonds. The summed E-state index contributed by atoms with van der Waals surface area (Å²) in [5.41, 5.74) is 5.29. The molecule has 31 heavy (non-hydrogen) atoms. The van der Waals surface area contributed by atoms with E-state index in [1.807, 2.05) is 4.90 Å². The van der Waals surface area contributed by atoms with Gasteiger partial charge in [-0.3, -0.25) is 0 Å². The van der Waals surface area contributed by atoms with Gasteiger partial charge in [0.2, 0.25) is 0 Å². The van der Waals surface area contributed by atoms with Gasteiger partial charge in [0.25, 0.3) is 0 Å². The van der Waals surface area contributed by atoms with E-state index >= 15 is 0 Å². The minimum atomic E-state index is -1.72. The van der Waals surface area contributed by atoms with E-state index in [9.17, 15) is 15.2 Å². The Kier molecular flexibility index (Phi) is 6.22. The number of phenolic OH excluding ortho intramolecular Hbond substituents is 1. The molecule has 0 atom stereocenters. The average molecular weight is 417 g/mol. The highest BCUT2D eigenvalue weighted by atomic mass is 16.4. The molecule has 0 aliphatic carbocycles. The summed E-state index contributed by atoms with van der Waals surface area (Å²) in [7, 11) is -1.72. The van der Waals surface area contributed by atoms with Gasteiger partial charge in [0.1, 0.15) is 5.75 Å². The number of benzene rings is 3. The first-order valence-electron chi connectivity index (χ1n) is 10.6. The molecule has 3 aromatic carbocycles. The van der Waals surface area contributed by atoms with Crippen LogP contribution in [0, 0.1) is 0 Å². The second kappa shape index (κ2) is 8.41. The number of anilines is 3. The number of hydrogen-bond acceptors (Lipinski definition) is 4. The first-order chi connectivity index (χ1) is 14.4. The van der Waals surface area contributed by atoms with E-state index in [0.29, 0.717) is 0 Å². The number of hydrogen-bond donors (Lipinski definition) is 3. The lowest BCUT2D eigenvalue weighted by Crippen LogP contribution is -2.30. The number of phenols is 1. The van der Waals surface area contributed by atoms with Gasteiger partial charge >= 0.3 is 7.12 Å². The van der Waals surface area contributed by atoms with Crippen molar-refractivity contribution in [1.82, 2.24) is 0 Å². The quantitative estimate of drug-likeness (QED) is 0.515. The SMILES string of the molecule is CC(C)(C)c1ccc(N(c2ccc(C(C)(C)C)cc2)c2ccc(B(O)O)c(O)c2)cc1. The van der Waals surface area contributed by atoms with Crippen LogP contribution in [-0.4, -0.2) is 22.3 Å². The summed E-state index contributed by atoms with van der Waals surface area (Å²) in [6.45, 7) is 13.1. The molecular formula is C26H32BNO3. The number of nitrogens with zero attached hydrogens (tertiary/aromatic N) is 1. The summed E-state index contributed by atoms with van der Waals surface area (Å²) in [6.07, 6.45) is 0. The van der Waals surface area contributed by atoms with Crippen LogP contribution in [-0.2, 0) is 10.8 Å². The van der Waals surface area contributed by atoms with Crippen molar-refractivity contribution < 1.29 is 15.2 Å². The molecule has 0 fully saturated rings. The average Bonchev–Trinajstić information content (AvgIpc) is 2.67. The highest BCUT2D eigenvalue weighted by Crippen LogP contribution is 2.37. The van der Waals surface area contributed by atoms with Crippen LogP contribution in [0.2, 0.25) is 0 Å². The van der Waals surface area contributed by atoms with Crippen molar-refractivity contribution in [2.45, 2.75) is 52.4 Å². The summed E-state index contributed by atoms with van der Waals surface area (Å²) < 4.78 is 0. The Bertz CT molecular complexity index is 973. The van der Waals surface area contributed by atoms with Gasteiger partial charge in [0.05, 0.1) is 0 Å². The Labute approximate surface area is 186 Å². The fourth-order valence-corrected chi connectivity index (χ4v) is 3.56. The third kappa shape index (κ3) is 5.12. The molecule has 0 saturated heterocycles. The molecule has 0 bridgehead atoms. The third-order valence-corrected chi connectivity index (χ3v) is 5.53. The van der Waals surface area contributed by atoms with Crippen molar-refractivity contribution in [3.63, 3.8) is 0 Å². The van der Waals surface area contributed by atoms with Gasteiger partial charge in [0, 0.05) is 28.6 Å². The van der Waals surface area contributed by atoms with Gasteiger partial charge in [-0.05, 0) is 52.3 Å². The van der Waals surface area contributed by atoms with E-state index in [1.165, 1.54) is 17.2 Å². The predicted octanol–water partition coefficient (Wildman–Crippen LogP) is 5.14. The van der Waals surface area contributed by atoms with Crippen LogP contribution in [0.25, 0.3) is 0 Å². The third-order valence-electron chi connectivity index (χ3n) is 5.53. The second-order valence-electron chi connectivity index (χ2n) is 10.0. The zero-order valence-electron chi connectivity index (χ0n) is 19.2. The summed E-state index contributed by atoms with van der Waals surface area (Å²) in [5, 5.41) is 29.3. The molecule has 3 N–H and O–H groups in total. The van der Waals surface area contributed by atoms with Crippen molar-refractivity contribution >= 4 is 29.6 Å². The van der Waals surface area contributed by atoms with Crippen LogP contribution in [0.4, 0.5) is 17.1 Å². The maximum Gasteiger partial charge on any atom is 0.492 e. The number of aromatic hydroxyl groups is 1. The van der Waals surface area contributed by atoms with Gasteiger partial charge in [-0.2, -0.15) is 0 Å². The van der Waals surface area contributed by atoms with Gasteiger partial charge in [0.15, 0.2) is 0 Å². The van der Waals surface area contributed by atoms with Crippen LogP contribution < -0.4 is 10.4 Å². The molecular weight excluding hydrogens is 385 g/mol. The Morgan fingerprint density at radius 1 is 0.613 bits per heavy atom. The highest BCUT2D eigenvalue weighted by molar-refractivity contribution is 6.59. The molecule has 4 nitrogen and oxygen atoms in total. The van der Waals surface area contributed by atoms with E-state index in [2.05, 4.69) is 90.1 Å². The zero-order chi connectivity index (χ0) is 23.0. The largest absolute Gasteiger partial charge is 0.508 e. The van der Waals surface area contributed by atoms with Crippen LogP contribution >= 0.6 is 0 Å². The predicted molar refractivity (Wildman–Crippen MR) is 130 cm³/mol. The van der Waals surface area contributed by atoms with Gasteiger partial charge in [-0.1, -0.05) is 71.9 Å². The summed E-state index contributed by atoms with van der Waals surface area (Å²) >= 11 is 0. The first-order valence-corrected chi connectivity index (χ1v) is 10.6. The van der Waals surface area contributed by atoms with Crippen LogP contribution in [0.5, 0.6) is 5.75 Å². The summed E-state index contributed by atoms with van der Waals surface area (Å²) in [5.74, 6) is -0.157. The van der Waals surface area contributed by atoms with Crippen molar-refractivity contribution in [2.24, 2.45) is 0 Å². The first kappa shape index (κ1) is 22.9. The minimum Gasteiger partial charge on any atom is -0.508 e. The molecule has 3 aromatic rings. The minimum absolute atomic E-state index is 0.0505. The molecule has 5 heteroatoms. The van der Waals surface area contributed by atoms with Crippen LogP contribution in [0.3, 0.4) is 0 Å². The van der Waals surface area contributed by atoms with E-state index in [1.54, 1.807) is 12.1 Å². The molecule has 0 aromatic heterocycles. The lowest BCUT2D eigenvalue weighted by atomic mass is 9.79. The second-order valence-corrected chi connectivity index (χ2v) is 10.0. The Balaban J connectivity index is 2.11. The summed E-state index contributed by atoms with van der Waals surface area (Å²) in [6, 6.07) is 21.7. The van der Waals surface area contributed by atoms with Gasteiger partial charge in [-0.25, -0.2) is 0 Å². The summed E-state index contributed by atoms with van der Waals surface area (Å²) in [4.78, 5) is 2.05. The monoisotopic (exact) mass is 417 g/mol. The molecule has 0 aliphatic heterocycles. The van der Waals surface area contributed by atoms with E-state index < -0.39 is 7.12 Å². The Hall–Kier alpha value is -2.76. The maximum atomic E-state index is 10.4. The standard InChI is InChI=1S/C26H32BNO3/c1-25(2,3)18-7-11-20(12-8-18)28(21-13-9-19(10-14-21)26(4,5)6)22-15-16-23(27(30)31)24(29)17-22/h7-17,29-31H,1-6H3. The maximum absolute atomic E-state index is 10.4. The molecule has 0 heterocycles. The topological polar surface area (TPSA) is 63.9 Å². The molecule has 162 valence electrons. The highest BCUT2D eigenvalue weighted by Gasteiger charge is 2.21. The fourth-order valence-electron chi connectivity index (χ4n) is 3.56. The molecule has 0 unspecified atom stereocenters. The molecule has 0 spiro atoms. The lowest BCUT2D eigenvalue weighted by Gasteiger charge is -2.28. The molecule has 0 radical (unpaired) electrons. The number of rotatable bonds is 4. The van der Waals surface area contributed by atoms with E-state index in [0.717, 1.165) is 17.1 Å². The van der Waals surface area contributed by atoms with Gasteiger partial charge < -0.3 is 20.1 Å². The van der Waals surface area contributed by atoms with Crippen LogP contribution in [0.15, 0.2) is 66.7 Å². The fraction of sp³-hybridized carbons (Fsp3) is 0.308. The van der Waals surface area contributed by atoms with Crippen molar-refractivity contribution in [1.29, 1.82) is 0 Å². The van der Waals surface area contributed by atoms with Gasteiger partial charge in [-0.15, -0.1) is 0 Å². The smallest absolute Gasteiger partial charge is 0.492 e. The Morgan fingerprint density at radius 2 is 1.00 bits per heavy atom. The lowest BCUT2D eigenvalue weighted by molar-refractivity contribution is 0.419. The zero-order valence-corrected chi connectivity index (χ0v) is 19.2.